The summed E-state index contributed by atoms with van der Waals surface area (Å²) in [7, 11) is 0. The summed E-state index contributed by atoms with van der Waals surface area (Å²) in [4.78, 5) is 2.09. The number of hydrogen-bond donors (Lipinski definition) is 0. The van der Waals surface area contributed by atoms with Crippen LogP contribution in [0.3, 0.4) is 0 Å². The maximum absolute atomic E-state index is 13.5. The Morgan fingerprint density at radius 3 is 2.86 bits per heavy atom. The SMILES string of the molecule is FC(F)(F)c1cc(Cl)ccc1-n1nnnc1CN1CCOC2(CCCOC2)C1. The summed E-state index contributed by atoms with van der Waals surface area (Å²) in [5.41, 5.74) is -1.40. The summed E-state index contributed by atoms with van der Waals surface area (Å²) in [6, 6.07) is 3.55. The first-order valence-corrected chi connectivity index (χ1v) is 9.33. The Balaban J connectivity index is 1.59. The zero-order chi connectivity index (χ0) is 19.8. The van der Waals surface area contributed by atoms with Crippen molar-refractivity contribution in [1.29, 1.82) is 0 Å². The fourth-order valence-corrected chi connectivity index (χ4v) is 3.91. The van der Waals surface area contributed by atoms with Gasteiger partial charge in [-0.1, -0.05) is 11.6 Å². The lowest BCUT2D eigenvalue weighted by molar-refractivity contribution is -0.169. The molecule has 0 radical (unpaired) electrons. The number of halogens is 4. The molecule has 28 heavy (non-hydrogen) atoms. The average molecular weight is 418 g/mol. The van der Waals surface area contributed by atoms with Gasteiger partial charge in [0.15, 0.2) is 5.82 Å². The Kier molecular flexibility index (Phi) is 5.30. The number of ether oxygens (including phenoxy) is 2. The highest BCUT2D eigenvalue weighted by atomic mass is 35.5. The molecule has 2 saturated heterocycles. The molecule has 3 heterocycles. The Labute approximate surface area is 164 Å². The van der Waals surface area contributed by atoms with Crippen molar-refractivity contribution >= 4 is 11.6 Å². The van der Waals surface area contributed by atoms with Gasteiger partial charge >= 0.3 is 6.18 Å². The molecule has 1 atom stereocenters. The van der Waals surface area contributed by atoms with Gasteiger partial charge in [-0.05, 0) is 41.5 Å². The highest BCUT2D eigenvalue weighted by molar-refractivity contribution is 6.30. The van der Waals surface area contributed by atoms with E-state index in [0.29, 0.717) is 38.7 Å². The predicted molar refractivity (Wildman–Crippen MR) is 93.2 cm³/mol. The van der Waals surface area contributed by atoms with Crippen LogP contribution in [0.5, 0.6) is 0 Å². The molecular weight excluding hydrogens is 399 g/mol. The van der Waals surface area contributed by atoms with Crippen LogP contribution in [0.1, 0.15) is 24.2 Å². The highest BCUT2D eigenvalue weighted by Crippen LogP contribution is 2.36. The van der Waals surface area contributed by atoms with Crippen molar-refractivity contribution in [3.8, 4) is 5.69 Å². The normalized spacial score (nSPS) is 24.0. The average Bonchev–Trinajstić information content (AvgIpc) is 3.09. The summed E-state index contributed by atoms with van der Waals surface area (Å²) in [6.07, 6.45) is -2.76. The molecule has 1 aromatic carbocycles. The van der Waals surface area contributed by atoms with Crippen LogP contribution in [-0.4, -0.2) is 63.6 Å². The van der Waals surface area contributed by atoms with Crippen LogP contribution in [-0.2, 0) is 22.2 Å². The first-order chi connectivity index (χ1) is 13.4. The lowest BCUT2D eigenvalue weighted by Gasteiger charge is -2.44. The lowest BCUT2D eigenvalue weighted by atomic mass is 9.94. The van der Waals surface area contributed by atoms with Crippen molar-refractivity contribution in [2.75, 3.05) is 32.9 Å². The second-order valence-corrected chi connectivity index (χ2v) is 7.50. The Hall–Kier alpha value is -1.75. The Morgan fingerprint density at radius 1 is 1.25 bits per heavy atom. The van der Waals surface area contributed by atoms with Crippen molar-refractivity contribution in [3.63, 3.8) is 0 Å². The fraction of sp³-hybridized carbons (Fsp3) is 0.588. The molecule has 2 aromatic rings. The van der Waals surface area contributed by atoms with Crippen LogP contribution in [0.4, 0.5) is 13.2 Å². The molecule has 0 saturated carbocycles. The topological polar surface area (TPSA) is 65.3 Å². The molecule has 1 spiro atoms. The number of alkyl halides is 3. The van der Waals surface area contributed by atoms with Crippen molar-refractivity contribution in [3.05, 3.63) is 34.6 Å². The fourth-order valence-electron chi connectivity index (χ4n) is 3.74. The van der Waals surface area contributed by atoms with Gasteiger partial charge in [0.05, 0.1) is 31.0 Å². The van der Waals surface area contributed by atoms with Crippen LogP contribution < -0.4 is 0 Å². The molecular formula is C17H19ClF3N5O2. The second kappa shape index (κ2) is 7.58. The third-order valence-electron chi connectivity index (χ3n) is 5.01. The maximum atomic E-state index is 13.5. The van der Waals surface area contributed by atoms with Gasteiger partial charge in [-0.2, -0.15) is 17.9 Å². The molecule has 2 aliphatic heterocycles. The molecule has 2 fully saturated rings. The summed E-state index contributed by atoms with van der Waals surface area (Å²) in [5.74, 6) is 0.321. The van der Waals surface area contributed by atoms with Gasteiger partial charge in [-0.25, -0.2) is 0 Å². The van der Waals surface area contributed by atoms with Crippen molar-refractivity contribution in [2.45, 2.75) is 31.2 Å². The molecule has 0 amide bonds. The van der Waals surface area contributed by atoms with Crippen LogP contribution >= 0.6 is 11.6 Å². The predicted octanol–water partition coefficient (Wildman–Crippen LogP) is 2.72. The van der Waals surface area contributed by atoms with Crippen LogP contribution in [0.2, 0.25) is 5.02 Å². The minimum atomic E-state index is -4.58. The van der Waals surface area contributed by atoms with E-state index >= 15 is 0 Å². The van der Waals surface area contributed by atoms with E-state index in [-0.39, 0.29) is 16.3 Å². The summed E-state index contributed by atoms with van der Waals surface area (Å²) >= 11 is 5.77. The van der Waals surface area contributed by atoms with E-state index in [1.807, 2.05) is 0 Å². The van der Waals surface area contributed by atoms with E-state index < -0.39 is 11.7 Å². The quantitative estimate of drug-likeness (QED) is 0.765. The third kappa shape index (κ3) is 4.00. The van der Waals surface area contributed by atoms with Crippen LogP contribution in [0, 0.1) is 0 Å². The zero-order valence-electron chi connectivity index (χ0n) is 15.0. The molecule has 0 aliphatic carbocycles. The molecule has 2 aliphatic rings. The van der Waals surface area contributed by atoms with Gasteiger partial charge in [0.25, 0.3) is 0 Å². The number of benzene rings is 1. The zero-order valence-corrected chi connectivity index (χ0v) is 15.7. The summed E-state index contributed by atoms with van der Waals surface area (Å²) in [6.45, 7) is 3.33. The molecule has 7 nitrogen and oxygen atoms in total. The number of tetrazole rings is 1. The summed E-state index contributed by atoms with van der Waals surface area (Å²) in [5, 5.41) is 11.3. The maximum Gasteiger partial charge on any atom is 0.418 e. The summed E-state index contributed by atoms with van der Waals surface area (Å²) < 4.78 is 53.1. The molecule has 0 N–H and O–H groups in total. The van der Waals surface area contributed by atoms with Gasteiger partial charge in [-0.3, -0.25) is 4.90 Å². The molecule has 0 bridgehead atoms. The first kappa shape index (κ1) is 19.6. The highest BCUT2D eigenvalue weighted by Gasteiger charge is 2.39. The third-order valence-corrected chi connectivity index (χ3v) is 5.24. The van der Waals surface area contributed by atoms with Gasteiger partial charge in [0, 0.05) is 24.7 Å². The molecule has 1 aromatic heterocycles. The van der Waals surface area contributed by atoms with E-state index in [1.165, 1.54) is 12.1 Å². The Bertz CT molecular complexity index is 833. The first-order valence-electron chi connectivity index (χ1n) is 8.95. The standard InChI is InChI=1S/C17H19ClF3N5O2/c18-12-2-3-14(13(8-12)17(19,20)21)26-15(22-23-24-26)9-25-5-7-28-16(10-25)4-1-6-27-11-16/h2-3,8H,1,4-7,9-11H2. The van der Waals surface area contributed by atoms with E-state index in [2.05, 4.69) is 20.4 Å². The van der Waals surface area contributed by atoms with Gasteiger partial charge < -0.3 is 9.47 Å². The number of morpholine rings is 1. The number of aromatic nitrogens is 4. The number of nitrogens with zero attached hydrogens (tertiary/aromatic N) is 5. The molecule has 1 unspecified atom stereocenters. The number of hydrogen-bond acceptors (Lipinski definition) is 6. The van der Waals surface area contributed by atoms with Crippen LogP contribution in [0.15, 0.2) is 18.2 Å². The van der Waals surface area contributed by atoms with Gasteiger partial charge in [-0.15, -0.1) is 5.10 Å². The minimum absolute atomic E-state index is 0.00174. The monoisotopic (exact) mass is 417 g/mol. The van der Waals surface area contributed by atoms with Crippen LogP contribution in [0.25, 0.3) is 5.69 Å². The van der Waals surface area contributed by atoms with Crippen molar-refractivity contribution in [1.82, 2.24) is 25.1 Å². The largest absolute Gasteiger partial charge is 0.418 e. The van der Waals surface area contributed by atoms with Gasteiger partial charge in [0.1, 0.15) is 5.60 Å². The van der Waals surface area contributed by atoms with Gasteiger partial charge in [0.2, 0.25) is 0 Å². The van der Waals surface area contributed by atoms with E-state index in [9.17, 15) is 13.2 Å². The minimum Gasteiger partial charge on any atom is -0.378 e. The molecule has 11 heteroatoms. The lowest BCUT2D eigenvalue weighted by Crippen LogP contribution is -2.55. The van der Waals surface area contributed by atoms with Crippen molar-refractivity contribution in [2.24, 2.45) is 0 Å². The van der Waals surface area contributed by atoms with Crippen molar-refractivity contribution < 1.29 is 22.6 Å². The van der Waals surface area contributed by atoms with E-state index in [1.54, 1.807) is 0 Å². The number of rotatable bonds is 3. The molecule has 4 rings (SSSR count). The molecule has 152 valence electrons. The Morgan fingerprint density at radius 2 is 2.11 bits per heavy atom. The van der Waals surface area contributed by atoms with E-state index in [0.717, 1.165) is 30.2 Å². The second-order valence-electron chi connectivity index (χ2n) is 7.06. The van der Waals surface area contributed by atoms with E-state index in [4.69, 9.17) is 21.1 Å². The smallest absolute Gasteiger partial charge is 0.378 e.